The molecule has 5 nitrogen and oxygen atoms in total. The molecule has 2 saturated heterocycles. The molecule has 0 aliphatic carbocycles. The lowest BCUT2D eigenvalue weighted by molar-refractivity contribution is -0.194. The minimum atomic E-state index is -1.22. The van der Waals surface area contributed by atoms with E-state index in [9.17, 15) is 15.0 Å². The highest BCUT2D eigenvalue weighted by Gasteiger charge is 2.56. The van der Waals surface area contributed by atoms with Gasteiger partial charge in [-0.3, -0.25) is 4.79 Å². The Hall–Kier alpha value is -0.650. The highest BCUT2D eigenvalue weighted by Crippen LogP contribution is 2.42. The molecule has 0 aromatic carbocycles. The molecule has 0 amide bonds. The molecular weight excluding hydrogens is 210 g/mol. The van der Waals surface area contributed by atoms with Crippen molar-refractivity contribution in [2.45, 2.75) is 31.3 Å². The molecule has 0 bridgehead atoms. The fourth-order valence-electron chi connectivity index (χ4n) is 2.84. The van der Waals surface area contributed by atoms with E-state index in [0.717, 1.165) is 19.4 Å². The number of aliphatic carboxylic acids is 1. The van der Waals surface area contributed by atoms with Gasteiger partial charge in [0.15, 0.2) is 0 Å². The number of nitrogens with one attached hydrogen (secondary N) is 1. The van der Waals surface area contributed by atoms with Crippen LogP contribution in [0.15, 0.2) is 0 Å². The number of carbonyl (C=O) groups is 1. The second-order valence-electron chi connectivity index (χ2n) is 4.86. The number of hydrogen-bond acceptors (Lipinski definition) is 4. The Morgan fingerprint density at radius 3 is 2.62 bits per heavy atom. The number of rotatable bonds is 2. The average Bonchev–Trinajstić information content (AvgIpc) is 2.30. The summed E-state index contributed by atoms with van der Waals surface area (Å²) in [6, 6.07) is 0. The number of hydrogen-bond donors (Lipinski definition) is 3. The van der Waals surface area contributed by atoms with Crippen molar-refractivity contribution in [2.75, 3.05) is 26.3 Å². The van der Waals surface area contributed by atoms with Gasteiger partial charge in [0.1, 0.15) is 11.0 Å². The number of piperidine rings is 1. The summed E-state index contributed by atoms with van der Waals surface area (Å²) in [4.78, 5) is 11.5. The Bertz CT molecular complexity index is 267. The van der Waals surface area contributed by atoms with Crippen LogP contribution in [0.5, 0.6) is 0 Å². The largest absolute Gasteiger partial charge is 0.481 e. The second kappa shape index (κ2) is 4.31. The van der Waals surface area contributed by atoms with Gasteiger partial charge in [-0.05, 0) is 32.2 Å². The molecule has 2 unspecified atom stereocenters. The van der Waals surface area contributed by atoms with Crippen LogP contribution in [0, 0.1) is 5.41 Å². The van der Waals surface area contributed by atoms with Gasteiger partial charge in [0, 0.05) is 13.2 Å². The third-order valence-corrected chi connectivity index (χ3v) is 3.90. The van der Waals surface area contributed by atoms with Crippen molar-refractivity contribution in [3.05, 3.63) is 0 Å². The van der Waals surface area contributed by atoms with Gasteiger partial charge in [0.05, 0.1) is 6.61 Å². The van der Waals surface area contributed by atoms with Crippen LogP contribution in [-0.2, 0) is 9.53 Å². The van der Waals surface area contributed by atoms with Crippen molar-refractivity contribution in [1.29, 1.82) is 0 Å². The Labute approximate surface area is 94.8 Å². The molecule has 0 aromatic heterocycles. The number of carboxylic acids is 1. The van der Waals surface area contributed by atoms with Gasteiger partial charge in [-0.1, -0.05) is 0 Å². The van der Waals surface area contributed by atoms with Gasteiger partial charge in [0.2, 0.25) is 0 Å². The predicted octanol–water partition coefficient (Wildman–Crippen LogP) is -0.0177. The molecule has 0 spiro atoms. The number of aliphatic hydroxyl groups is 1. The van der Waals surface area contributed by atoms with Crippen molar-refractivity contribution in [3.8, 4) is 0 Å². The van der Waals surface area contributed by atoms with Crippen LogP contribution in [0.25, 0.3) is 0 Å². The van der Waals surface area contributed by atoms with Crippen molar-refractivity contribution >= 4 is 5.97 Å². The molecule has 2 fully saturated rings. The van der Waals surface area contributed by atoms with E-state index in [-0.39, 0.29) is 6.61 Å². The van der Waals surface area contributed by atoms with Crippen molar-refractivity contribution in [1.82, 2.24) is 5.32 Å². The van der Waals surface area contributed by atoms with Gasteiger partial charge in [-0.15, -0.1) is 0 Å². The van der Waals surface area contributed by atoms with E-state index in [2.05, 4.69) is 5.32 Å². The van der Waals surface area contributed by atoms with E-state index in [4.69, 9.17) is 4.74 Å². The molecule has 3 N–H and O–H groups in total. The minimum absolute atomic E-state index is 0.140. The van der Waals surface area contributed by atoms with Gasteiger partial charge in [0.25, 0.3) is 0 Å². The summed E-state index contributed by atoms with van der Waals surface area (Å²) < 4.78 is 5.27. The fourth-order valence-corrected chi connectivity index (χ4v) is 2.84. The van der Waals surface area contributed by atoms with Crippen molar-refractivity contribution in [2.24, 2.45) is 5.41 Å². The first kappa shape index (κ1) is 11.8. The Morgan fingerprint density at radius 1 is 1.31 bits per heavy atom. The van der Waals surface area contributed by atoms with Crippen molar-refractivity contribution in [3.63, 3.8) is 0 Å². The Morgan fingerprint density at radius 2 is 2.12 bits per heavy atom. The Kier molecular flexibility index (Phi) is 3.19. The normalized spacial score (nSPS) is 40.6. The van der Waals surface area contributed by atoms with Gasteiger partial charge >= 0.3 is 5.97 Å². The zero-order valence-electron chi connectivity index (χ0n) is 9.37. The molecule has 2 rings (SSSR count). The van der Waals surface area contributed by atoms with E-state index in [1.807, 2.05) is 0 Å². The van der Waals surface area contributed by atoms with Crippen molar-refractivity contribution < 1.29 is 19.7 Å². The number of carboxylic acid groups (broad SMARTS) is 1. The quantitative estimate of drug-likeness (QED) is 0.620. The molecule has 16 heavy (non-hydrogen) atoms. The lowest BCUT2D eigenvalue weighted by Crippen LogP contribution is -2.63. The standard InChI is InChI=1S/C11H19NO4/c13-9(14)10(3-1-5-12-7-10)11(15)4-2-6-16-8-11/h12,15H,1-8H2,(H,13,14). The lowest BCUT2D eigenvalue weighted by Gasteiger charge is -2.48. The van der Waals surface area contributed by atoms with Gasteiger partial charge in [-0.25, -0.2) is 0 Å². The molecule has 0 aromatic rings. The van der Waals surface area contributed by atoms with Crippen LogP contribution in [-0.4, -0.2) is 48.1 Å². The smallest absolute Gasteiger partial charge is 0.313 e. The van der Waals surface area contributed by atoms with Crippen LogP contribution < -0.4 is 5.32 Å². The average molecular weight is 229 g/mol. The van der Waals surface area contributed by atoms with E-state index in [0.29, 0.717) is 26.0 Å². The molecule has 92 valence electrons. The molecule has 2 heterocycles. The summed E-state index contributed by atoms with van der Waals surface area (Å²) in [7, 11) is 0. The summed E-state index contributed by atoms with van der Waals surface area (Å²) in [5.74, 6) is -0.910. The third-order valence-electron chi connectivity index (χ3n) is 3.90. The fraction of sp³-hybridized carbons (Fsp3) is 0.909. The monoisotopic (exact) mass is 229 g/mol. The summed E-state index contributed by atoms with van der Waals surface area (Å²) in [5.41, 5.74) is -2.30. The van der Waals surface area contributed by atoms with Crippen LogP contribution in [0.2, 0.25) is 0 Å². The van der Waals surface area contributed by atoms with E-state index in [1.165, 1.54) is 0 Å². The first-order valence-electron chi connectivity index (χ1n) is 5.85. The van der Waals surface area contributed by atoms with Gasteiger partial charge < -0.3 is 20.3 Å². The predicted molar refractivity (Wildman–Crippen MR) is 57.2 cm³/mol. The number of ether oxygens (including phenoxy) is 1. The Balaban J connectivity index is 2.26. The van der Waals surface area contributed by atoms with Crippen LogP contribution in [0.1, 0.15) is 25.7 Å². The summed E-state index contributed by atoms with van der Waals surface area (Å²) >= 11 is 0. The molecule has 0 saturated carbocycles. The highest BCUT2D eigenvalue weighted by atomic mass is 16.5. The summed E-state index contributed by atoms with van der Waals surface area (Å²) in [6.45, 7) is 1.92. The zero-order valence-corrected chi connectivity index (χ0v) is 9.37. The summed E-state index contributed by atoms with van der Waals surface area (Å²) in [6.07, 6.45) is 2.55. The van der Waals surface area contributed by atoms with Crippen LogP contribution in [0.3, 0.4) is 0 Å². The molecule has 5 heteroatoms. The highest BCUT2D eigenvalue weighted by molar-refractivity contribution is 5.77. The third kappa shape index (κ3) is 1.73. The molecule has 2 atom stereocenters. The molecular formula is C11H19NO4. The summed E-state index contributed by atoms with van der Waals surface area (Å²) in [5, 5.41) is 23.1. The second-order valence-corrected chi connectivity index (χ2v) is 4.86. The molecule has 2 aliphatic heterocycles. The van der Waals surface area contributed by atoms with E-state index >= 15 is 0 Å². The van der Waals surface area contributed by atoms with Crippen LogP contribution >= 0.6 is 0 Å². The topological polar surface area (TPSA) is 78.8 Å². The van der Waals surface area contributed by atoms with Crippen LogP contribution in [0.4, 0.5) is 0 Å². The SMILES string of the molecule is O=C(O)C1(C2(O)CCCOC2)CCCNC1. The van der Waals surface area contributed by atoms with E-state index in [1.54, 1.807) is 0 Å². The molecule has 2 aliphatic rings. The first-order valence-corrected chi connectivity index (χ1v) is 5.85. The van der Waals surface area contributed by atoms with E-state index < -0.39 is 17.0 Å². The maximum atomic E-state index is 11.5. The first-order chi connectivity index (χ1) is 7.61. The molecule has 0 radical (unpaired) electrons. The minimum Gasteiger partial charge on any atom is -0.481 e. The lowest BCUT2D eigenvalue weighted by atomic mass is 9.65. The van der Waals surface area contributed by atoms with Gasteiger partial charge in [-0.2, -0.15) is 0 Å². The zero-order chi connectivity index (χ0) is 11.6. The maximum Gasteiger partial charge on any atom is 0.313 e. The maximum absolute atomic E-state index is 11.5.